The van der Waals surface area contributed by atoms with Crippen molar-refractivity contribution >= 4 is 5.82 Å². The standard InChI is InChI=1S/C17H32N4/c1-12(2)7-9-21(10-8-13(3)4)17-16(11-18)14(5)15(6)19-20-17/h12-13H,7-11,18H2,1-6H3. The fraction of sp³-hybridized carbons (Fsp3) is 0.765. The van der Waals surface area contributed by atoms with E-state index in [1.165, 1.54) is 5.56 Å². The van der Waals surface area contributed by atoms with Gasteiger partial charge in [-0.3, -0.25) is 0 Å². The zero-order chi connectivity index (χ0) is 16.0. The van der Waals surface area contributed by atoms with Gasteiger partial charge >= 0.3 is 0 Å². The van der Waals surface area contributed by atoms with E-state index in [0.29, 0.717) is 18.4 Å². The van der Waals surface area contributed by atoms with Crippen molar-refractivity contribution in [2.24, 2.45) is 17.6 Å². The van der Waals surface area contributed by atoms with Crippen molar-refractivity contribution in [1.82, 2.24) is 10.2 Å². The van der Waals surface area contributed by atoms with Gasteiger partial charge < -0.3 is 10.6 Å². The Kier molecular flexibility index (Phi) is 7.09. The van der Waals surface area contributed by atoms with Crippen LogP contribution in [0.2, 0.25) is 0 Å². The summed E-state index contributed by atoms with van der Waals surface area (Å²) in [5.41, 5.74) is 9.28. The van der Waals surface area contributed by atoms with Crippen LogP contribution < -0.4 is 10.6 Å². The van der Waals surface area contributed by atoms with Crippen molar-refractivity contribution in [1.29, 1.82) is 0 Å². The van der Waals surface area contributed by atoms with Crippen LogP contribution in [-0.4, -0.2) is 23.3 Å². The van der Waals surface area contributed by atoms with Gasteiger partial charge in [0.2, 0.25) is 0 Å². The molecule has 4 nitrogen and oxygen atoms in total. The van der Waals surface area contributed by atoms with Crippen molar-refractivity contribution in [3.8, 4) is 0 Å². The Labute approximate surface area is 130 Å². The van der Waals surface area contributed by atoms with E-state index in [9.17, 15) is 0 Å². The maximum absolute atomic E-state index is 5.98. The molecule has 0 aliphatic heterocycles. The maximum atomic E-state index is 5.98. The van der Waals surface area contributed by atoms with Crippen LogP contribution in [0.3, 0.4) is 0 Å². The Morgan fingerprint density at radius 2 is 1.48 bits per heavy atom. The second-order valence-electron chi connectivity index (χ2n) is 6.77. The Bertz CT molecular complexity index is 429. The zero-order valence-electron chi connectivity index (χ0n) is 14.6. The summed E-state index contributed by atoms with van der Waals surface area (Å²) in [5, 5.41) is 8.78. The molecule has 1 aromatic rings. The summed E-state index contributed by atoms with van der Waals surface area (Å²) in [5.74, 6) is 2.36. The van der Waals surface area contributed by atoms with Crippen molar-refractivity contribution in [3.63, 3.8) is 0 Å². The minimum Gasteiger partial charge on any atom is -0.355 e. The number of anilines is 1. The highest BCUT2D eigenvalue weighted by molar-refractivity contribution is 5.50. The molecule has 0 fully saturated rings. The topological polar surface area (TPSA) is 55.0 Å². The summed E-state index contributed by atoms with van der Waals surface area (Å²) in [6, 6.07) is 0. The predicted octanol–water partition coefficient (Wildman–Crippen LogP) is 3.45. The molecule has 0 saturated carbocycles. The molecule has 1 rings (SSSR count). The normalized spacial score (nSPS) is 11.5. The summed E-state index contributed by atoms with van der Waals surface area (Å²) in [7, 11) is 0. The number of rotatable bonds is 8. The second kappa shape index (κ2) is 8.32. The lowest BCUT2D eigenvalue weighted by Gasteiger charge is -2.27. The number of hydrogen-bond donors (Lipinski definition) is 1. The van der Waals surface area contributed by atoms with E-state index in [1.54, 1.807) is 0 Å². The molecule has 1 heterocycles. The van der Waals surface area contributed by atoms with Gasteiger partial charge in [0.05, 0.1) is 5.69 Å². The molecule has 0 aliphatic rings. The van der Waals surface area contributed by atoms with Gasteiger partial charge in [-0.25, -0.2) is 0 Å². The van der Waals surface area contributed by atoms with E-state index in [0.717, 1.165) is 43.0 Å². The van der Waals surface area contributed by atoms with Gasteiger partial charge in [0, 0.05) is 25.2 Å². The molecule has 0 aromatic carbocycles. The minimum absolute atomic E-state index is 0.525. The van der Waals surface area contributed by atoms with E-state index < -0.39 is 0 Å². The minimum atomic E-state index is 0.525. The van der Waals surface area contributed by atoms with Crippen LogP contribution >= 0.6 is 0 Å². The average Bonchev–Trinajstić information content (AvgIpc) is 2.41. The largest absolute Gasteiger partial charge is 0.355 e. The van der Waals surface area contributed by atoms with Gasteiger partial charge in [-0.1, -0.05) is 27.7 Å². The van der Waals surface area contributed by atoms with Crippen LogP contribution in [0.1, 0.15) is 57.4 Å². The van der Waals surface area contributed by atoms with Gasteiger partial charge in [0.1, 0.15) is 0 Å². The highest BCUT2D eigenvalue weighted by Crippen LogP contribution is 2.23. The Morgan fingerprint density at radius 1 is 0.952 bits per heavy atom. The highest BCUT2D eigenvalue weighted by Gasteiger charge is 2.17. The molecule has 0 aliphatic carbocycles. The molecule has 120 valence electrons. The third-order valence-corrected chi connectivity index (χ3v) is 4.02. The van der Waals surface area contributed by atoms with E-state index in [-0.39, 0.29) is 0 Å². The molecule has 0 unspecified atom stereocenters. The summed E-state index contributed by atoms with van der Waals surface area (Å²) in [6.45, 7) is 15.7. The summed E-state index contributed by atoms with van der Waals surface area (Å²) in [6.07, 6.45) is 2.33. The summed E-state index contributed by atoms with van der Waals surface area (Å²) in [4.78, 5) is 2.38. The molecule has 0 spiro atoms. The Hall–Kier alpha value is -1.16. The smallest absolute Gasteiger partial charge is 0.156 e. The lowest BCUT2D eigenvalue weighted by molar-refractivity contribution is 0.530. The number of hydrogen-bond acceptors (Lipinski definition) is 4. The molecule has 0 bridgehead atoms. The molecule has 0 saturated heterocycles. The van der Waals surface area contributed by atoms with Crippen molar-refractivity contribution in [3.05, 3.63) is 16.8 Å². The third kappa shape index (κ3) is 5.27. The highest BCUT2D eigenvalue weighted by atomic mass is 15.3. The van der Waals surface area contributed by atoms with E-state index in [4.69, 9.17) is 5.73 Å². The molecular formula is C17H32N4. The van der Waals surface area contributed by atoms with E-state index in [2.05, 4.69) is 49.7 Å². The van der Waals surface area contributed by atoms with Gasteiger partial charge in [0.25, 0.3) is 0 Å². The van der Waals surface area contributed by atoms with Crippen LogP contribution in [0, 0.1) is 25.7 Å². The first kappa shape index (κ1) is 17.9. The van der Waals surface area contributed by atoms with Gasteiger partial charge in [-0.15, -0.1) is 5.10 Å². The average molecular weight is 292 g/mol. The van der Waals surface area contributed by atoms with E-state index >= 15 is 0 Å². The van der Waals surface area contributed by atoms with Crippen LogP contribution in [0.5, 0.6) is 0 Å². The quantitative estimate of drug-likeness (QED) is 0.797. The molecule has 1 aromatic heterocycles. The Morgan fingerprint density at radius 3 is 1.90 bits per heavy atom. The fourth-order valence-electron chi connectivity index (χ4n) is 2.29. The molecule has 0 atom stereocenters. The molecule has 4 heteroatoms. The van der Waals surface area contributed by atoms with Crippen LogP contribution in [0.4, 0.5) is 5.82 Å². The van der Waals surface area contributed by atoms with Crippen LogP contribution in [0.15, 0.2) is 0 Å². The Balaban J connectivity index is 3.03. The van der Waals surface area contributed by atoms with Crippen LogP contribution in [0.25, 0.3) is 0 Å². The molecule has 0 radical (unpaired) electrons. The third-order valence-electron chi connectivity index (χ3n) is 4.02. The number of nitrogens with two attached hydrogens (primary N) is 1. The van der Waals surface area contributed by atoms with Crippen molar-refractivity contribution in [2.75, 3.05) is 18.0 Å². The summed E-state index contributed by atoms with van der Waals surface area (Å²) < 4.78 is 0. The number of nitrogens with zero attached hydrogens (tertiary/aromatic N) is 3. The SMILES string of the molecule is Cc1nnc(N(CCC(C)C)CCC(C)C)c(CN)c1C. The molecule has 0 amide bonds. The first-order valence-electron chi connectivity index (χ1n) is 8.14. The predicted molar refractivity (Wildman–Crippen MR) is 90.5 cm³/mol. The lowest BCUT2D eigenvalue weighted by Crippen LogP contribution is -2.30. The van der Waals surface area contributed by atoms with E-state index in [1.807, 2.05) is 6.92 Å². The van der Waals surface area contributed by atoms with Gasteiger partial charge in [0.15, 0.2) is 5.82 Å². The molecule has 21 heavy (non-hydrogen) atoms. The second-order valence-corrected chi connectivity index (χ2v) is 6.77. The zero-order valence-corrected chi connectivity index (χ0v) is 14.6. The first-order chi connectivity index (χ1) is 9.86. The van der Waals surface area contributed by atoms with Gasteiger partial charge in [-0.2, -0.15) is 5.10 Å². The first-order valence-corrected chi connectivity index (χ1v) is 8.14. The van der Waals surface area contributed by atoms with Gasteiger partial charge in [-0.05, 0) is 44.1 Å². The van der Waals surface area contributed by atoms with Crippen LogP contribution in [-0.2, 0) is 6.54 Å². The molecule has 2 N–H and O–H groups in total. The lowest BCUT2D eigenvalue weighted by atomic mass is 10.1. The fourth-order valence-corrected chi connectivity index (χ4v) is 2.29. The number of aromatic nitrogens is 2. The van der Waals surface area contributed by atoms with Crippen molar-refractivity contribution in [2.45, 2.75) is 60.9 Å². The summed E-state index contributed by atoms with van der Waals surface area (Å²) >= 11 is 0. The maximum Gasteiger partial charge on any atom is 0.156 e. The van der Waals surface area contributed by atoms with Crippen molar-refractivity contribution < 1.29 is 0 Å². The monoisotopic (exact) mass is 292 g/mol. The molecular weight excluding hydrogens is 260 g/mol. The number of aryl methyl sites for hydroxylation is 1.